The molecule has 2 heteroatoms. The van der Waals surface area contributed by atoms with E-state index in [-0.39, 0.29) is 5.92 Å². The zero-order chi connectivity index (χ0) is 12.3. The van der Waals surface area contributed by atoms with Gasteiger partial charge in [-0.05, 0) is 29.7 Å². The maximum atomic E-state index is 10.4. The van der Waals surface area contributed by atoms with Crippen LogP contribution in [-0.2, 0) is 0 Å². The van der Waals surface area contributed by atoms with Gasteiger partial charge in [0, 0.05) is 18.3 Å². The first-order valence-corrected chi connectivity index (χ1v) is 5.83. The van der Waals surface area contributed by atoms with Crippen LogP contribution in [0.3, 0.4) is 0 Å². The van der Waals surface area contributed by atoms with E-state index in [0.29, 0.717) is 0 Å². The first-order valence-electron chi connectivity index (χ1n) is 5.83. The molecule has 0 saturated carbocycles. The Bertz CT molecular complexity index is 481. The van der Waals surface area contributed by atoms with E-state index in [4.69, 9.17) is 0 Å². The normalized spacial score (nSPS) is 14.3. The molecule has 17 heavy (non-hydrogen) atoms. The molecule has 88 valence electrons. The Kier molecular flexibility index (Phi) is 3.55. The predicted molar refractivity (Wildman–Crippen MR) is 68.8 cm³/mol. The van der Waals surface area contributed by atoms with Crippen LogP contribution >= 0.6 is 0 Å². The van der Waals surface area contributed by atoms with Gasteiger partial charge < -0.3 is 5.11 Å². The number of pyridine rings is 1. The third-order valence-corrected chi connectivity index (χ3v) is 3.18. The Morgan fingerprint density at radius 3 is 2.47 bits per heavy atom. The van der Waals surface area contributed by atoms with Crippen molar-refractivity contribution in [3.63, 3.8) is 0 Å². The Morgan fingerprint density at radius 1 is 1.12 bits per heavy atom. The smallest absolute Gasteiger partial charge is 0.0859 e. The molecule has 0 fully saturated rings. The highest BCUT2D eigenvalue weighted by Gasteiger charge is 2.19. The van der Waals surface area contributed by atoms with E-state index in [9.17, 15) is 5.11 Å². The molecule has 1 N–H and O–H groups in total. The first-order chi connectivity index (χ1) is 8.20. The fourth-order valence-electron chi connectivity index (χ4n) is 2.02. The van der Waals surface area contributed by atoms with Crippen LogP contribution < -0.4 is 0 Å². The molecule has 0 spiro atoms. The fourth-order valence-corrected chi connectivity index (χ4v) is 2.02. The van der Waals surface area contributed by atoms with Gasteiger partial charge in [0.15, 0.2) is 0 Å². The van der Waals surface area contributed by atoms with Crippen LogP contribution in [0.1, 0.15) is 35.6 Å². The van der Waals surface area contributed by atoms with Crippen LogP contribution in [0.2, 0.25) is 0 Å². The molecule has 0 amide bonds. The monoisotopic (exact) mass is 227 g/mol. The van der Waals surface area contributed by atoms with E-state index in [1.807, 2.05) is 50.2 Å². The summed E-state index contributed by atoms with van der Waals surface area (Å²) in [7, 11) is 0. The number of rotatable bonds is 3. The molecule has 1 heterocycles. The Balaban J connectivity index is 2.27. The number of aliphatic hydroxyl groups excluding tert-OH is 1. The fraction of sp³-hybridized carbons (Fsp3) is 0.267. The quantitative estimate of drug-likeness (QED) is 0.873. The van der Waals surface area contributed by atoms with Crippen LogP contribution in [0, 0.1) is 6.92 Å². The van der Waals surface area contributed by atoms with Gasteiger partial charge in [-0.2, -0.15) is 0 Å². The maximum Gasteiger partial charge on any atom is 0.0859 e. The van der Waals surface area contributed by atoms with E-state index in [2.05, 4.69) is 4.98 Å². The molecule has 0 aliphatic rings. The van der Waals surface area contributed by atoms with Crippen molar-refractivity contribution in [1.82, 2.24) is 4.98 Å². The molecule has 0 saturated heterocycles. The molecule has 0 aliphatic heterocycles. The average molecular weight is 227 g/mol. The van der Waals surface area contributed by atoms with Gasteiger partial charge in [0.25, 0.3) is 0 Å². The van der Waals surface area contributed by atoms with E-state index < -0.39 is 6.10 Å². The number of hydrogen-bond acceptors (Lipinski definition) is 2. The molecule has 2 rings (SSSR count). The number of hydrogen-bond donors (Lipinski definition) is 1. The van der Waals surface area contributed by atoms with Gasteiger partial charge in [-0.1, -0.05) is 37.3 Å². The number of aryl methyl sites for hydroxylation is 1. The molecular formula is C15H17NO. The second kappa shape index (κ2) is 5.11. The van der Waals surface area contributed by atoms with E-state index in [0.717, 1.165) is 16.7 Å². The summed E-state index contributed by atoms with van der Waals surface area (Å²) in [6.07, 6.45) is 3.03. The van der Waals surface area contributed by atoms with Crippen molar-refractivity contribution in [3.8, 4) is 0 Å². The molecule has 2 unspecified atom stereocenters. The van der Waals surface area contributed by atoms with Gasteiger partial charge in [0.2, 0.25) is 0 Å². The number of aliphatic hydroxyl groups is 1. The highest BCUT2D eigenvalue weighted by molar-refractivity contribution is 5.29. The summed E-state index contributed by atoms with van der Waals surface area (Å²) in [6, 6.07) is 12.0. The Labute approximate surface area is 102 Å². The summed E-state index contributed by atoms with van der Waals surface area (Å²) in [5, 5.41) is 10.4. The minimum Gasteiger partial charge on any atom is -0.388 e. The van der Waals surface area contributed by atoms with Crippen LogP contribution in [0.4, 0.5) is 0 Å². The minimum atomic E-state index is -0.486. The van der Waals surface area contributed by atoms with Crippen molar-refractivity contribution in [2.24, 2.45) is 0 Å². The third-order valence-electron chi connectivity index (χ3n) is 3.18. The molecule has 2 aromatic rings. The van der Waals surface area contributed by atoms with E-state index in [1.54, 1.807) is 12.4 Å². The van der Waals surface area contributed by atoms with Crippen molar-refractivity contribution >= 4 is 0 Å². The van der Waals surface area contributed by atoms with Crippen molar-refractivity contribution in [2.45, 2.75) is 25.9 Å². The Morgan fingerprint density at radius 2 is 1.82 bits per heavy atom. The molecule has 2 atom stereocenters. The zero-order valence-electron chi connectivity index (χ0n) is 10.2. The van der Waals surface area contributed by atoms with Crippen LogP contribution in [0.15, 0.2) is 48.8 Å². The maximum absolute atomic E-state index is 10.4. The van der Waals surface area contributed by atoms with Gasteiger partial charge >= 0.3 is 0 Å². The highest BCUT2D eigenvalue weighted by atomic mass is 16.3. The van der Waals surface area contributed by atoms with Crippen LogP contribution in [0.5, 0.6) is 0 Å². The lowest BCUT2D eigenvalue weighted by molar-refractivity contribution is 0.151. The van der Waals surface area contributed by atoms with Crippen LogP contribution in [-0.4, -0.2) is 10.1 Å². The van der Waals surface area contributed by atoms with Gasteiger partial charge in [-0.3, -0.25) is 4.98 Å². The van der Waals surface area contributed by atoms with E-state index in [1.165, 1.54) is 0 Å². The minimum absolute atomic E-state index is 0.0808. The third kappa shape index (κ3) is 2.53. The highest BCUT2D eigenvalue weighted by Crippen LogP contribution is 2.31. The Hall–Kier alpha value is -1.67. The van der Waals surface area contributed by atoms with Crippen molar-refractivity contribution < 1.29 is 5.11 Å². The summed E-state index contributed by atoms with van der Waals surface area (Å²) in [6.45, 7) is 4.02. The summed E-state index contributed by atoms with van der Waals surface area (Å²) in [5.74, 6) is 0.0808. The molecule has 2 nitrogen and oxygen atoms in total. The van der Waals surface area contributed by atoms with E-state index >= 15 is 0 Å². The van der Waals surface area contributed by atoms with Crippen molar-refractivity contribution in [1.29, 1.82) is 0 Å². The summed E-state index contributed by atoms with van der Waals surface area (Å²) >= 11 is 0. The number of aromatic nitrogens is 1. The molecule has 0 aliphatic carbocycles. The largest absolute Gasteiger partial charge is 0.388 e. The standard InChI is InChI=1S/C15H17NO/c1-11-10-16-9-8-14(11)15(17)12(2)13-6-4-3-5-7-13/h3-10,12,15,17H,1-2H3. The predicted octanol–water partition coefficient (Wildman–Crippen LogP) is 3.23. The molecular weight excluding hydrogens is 210 g/mol. The molecule has 1 aromatic heterocycles. The molecule has 0 radical (unpaired) electrons. The van der Waals surface area contributed by atoms with Crippen molar-refractivity contribution in [3.05, 3.63) is 65.5 Å². The summed E-state index contributed by atoms with van der Waals surface area (Å²) in [5.41, 5.74) is 3.13. The molecule has 0 bridgehead atoms. The second-order valence-corrected chi connectivity index (χ2v) is 4.38. The van der Waals surface area contributed by atoms with Gasteiger partial charge in [0.05, 0.1) is 6.10 Å². The lowest BCUT2D eigenvalue weighted by atomic mass is 9.90. The van der Waals surface area contributed by atoms with Gasteiger partial charge in [-0.25, -0.2) is 0 Å². The SMILES string of the molecule is Cc1cnccc1C(O)C(C)c1ccccc1. The number of benzene rings is 1. The summed E-state index contributed by atoms with van der Waals surface area (Å²) in [4.78, 5) is 4.05. The van der Waals surface area contributed by atoms with Gasteiger partial charge in [-0.15, -0.1) is 0 Å². The lowest BCUT2D eigenvalue weighted by Crippen LogP contribution is -2.09. The lowest BCUT2D eigenvalue weighted by Gasteiger charge is -2.21. The van der Waals surface area contributed by atoms with Gasteiger partial charge in [0.1, 0.15) is 0 Å². The zero-order valence-corrected chi connectivity index (χ0v) is 10.2. The second-order valence-electron chi connectivity index (χ2n) is 4.38. The first kappa shape index (κ1) is 11.8. The van der Waals surface area contributed by atoms with Crippen LogP contribution in [0.25, 0.3) is 0 Å². The molecule has 1 aromatic carbocycles. The van der Waals surface area contributed by atoms with Crippen molar-refractivity contribution in [2.75, 3.05) is 0 Å². The number of nitrogens with zero attached hydrogens (tertiary/aromatic N) is 1. The average Bonchev–Trinajstić information content (AvgIpc) is 2.39. The summed E-state index contributed by atoms with van der Waals surface area (Å²) < 4.78 is 0. The topological polar surface area (TPSA) is 33.1 Å².